The molecular formula is C23H20N4O2S. The van der Waals surface area contributed by atoms with E-state index in [0.717, 1.165) is 40.1 Å². The summed E-state index contributed by atoms with van der Waals surface area (Å²) in [6, 6.07) is 10.7. The fourth-order valence-corrected chi connectivity index (χ4v) is 4.56. The standard InChI is InChI=1S/C23H20N4O2S/c1-3-9-26-14-19(13-25-26)27-15(2)21(20-8-10-30-22(20)27)11-18(12-24)16-4-6-17(7-5-16)23(28)29/h4-8,10-11,13-14H,3,9H2,1-2H3,(H,28,29)/b18-11+. The summed E-state index contributed by atoms with van der Waals surface area (Å²) in [7, 11) is 0. The molecule has 0 aliphatic carbocycles. The van der Waals surface area contributed by atoms with Crippen molar-refractivity contribution in [2.45, 2.75) is 26.8 Å². The number of carboxylic acids is 1. The number of hydrogen-bond acceptors (Lipinski definition) is 4. The average Bonchev–Trinajstić information content (AvgIpc) is 3.44. The molecule has 7 heteroatoms. The van der Waals surface area contributed by atoms with Gasteiger partial charge in [-0.1, -0.05) is 19.1 Å². The second-order valence-corrected chi connectivity index (χ2v) is 7.88. The summed E-state index contributed by atoms with van der Waals surface area (Å²) < 4.78 is 4.11. The molecule has 0 saturated carbocycles. The van der Waals surface area contributed by atoms with E-state index in [1.807, 2.05) is 35.5 Å². The van der Waals surface area contributed by atoms with Gasteiger partial charge in [-0.05, 0) is 48.6 Å². The summed E-state index contributed by atoms with van der Waals surface area (Å²) in [6.07, 6.45) is 6.80. The van der Waals surface area contributed by atoms with E-state index in [2.05, 4.69) is 28.7 Å². The summed E-state index contributed by atoms with van der Waals surface area (Å²) in [6.45, 7) is 5.03. The first kappa shape index (κ1) is 19.7. The second-order valence-electron chi connectivity index (χ2n) is 6.99. The van der Waals surface area contributed by atoms with Crippen LogP contribution in [0.25, 0.3) is 27.6 Å². The molecule has 0 radical (unpaired) electrons. The Labute approximate surface area is 177 Å². The van der Waals surface area contributed by atoms with E-state index >= 15 is 0 Å². The van der Waals surface area contributed by atoms with Crippen LogP contribution in [0.2, 0.25) is 0 Å². The maximum atomic E-state index is 11.1. The lowest BCUT2D eigenvalue weighted by Gasteiger charge is -2.05. The van der Waals surface area contributed by atoms with Crippen LogP contribution in [0.4, 0.5) is 0 Å². The van der Waals surface area contributed by atoms with Crippen molar-refractivity contribution in [1.29, 1.82) is 5.26 Å². The first-order valence-corrected chi connectivity index (χ1v) is 10.5. The number of allylic oxidation sites excluding steroid dienone is 1. The number of fused-ring (bicyclic) bond motifs is 1. The zero-order valence-corrected chi connectivity index (χ0v) is 17.5. The minimum absolute atomic E-state index is 0.197. The fourth-order valence-electron chi connectivity index (χ4n) is 3.58. The lowest BCUT2D eigenvalue weighted by molar-refractivity contribution is 0.0697. The van der Waals surface area contributed by atoms with Crippen molar-refractivity contribution in [3.63, 3.8) is 0 Å². The molecule has 0 atom stereocenters. The number of thiophene rings is 1. The van der Waals surface area contributed by atoms with E-state index in [4.69, 9.17) is 5.11 Å². The van der Waals surface area contributed by atoms with Gasteiger partial charge in [-0.2, -0.15) is 10.4 Å². The van der Waals surface area contributed by atoms with Gasteiger partial charge in [-0.15, -0.1) is 11.3 Å². The Morgan fingerprint density at radius 2 is 2.00 bits per heavy atom. The predicted octanol–water partition coefficient (Wildman–Crippen LogP) is 5.37. The van der Waals surface area contributed by atoms with Crippen molar-refractivity contribution in [3.8, 4) is 11.8 Å². The molecule has 0 aliphatic rings. The summed E-state index contributed by atoms with van der Waals surface area (Å²) in [5.41, 5.74) is 4.38. The van der Waals surface area contributed by atoms with Gasteiger partial charge in [-0.25, -0.2) is 4.79 Å². The summed E-state index contributed by atoms with van der Waals surface area (Å²) in [4.78, 5) is 12.2. The van der Waals surface area contributed by atoms with Gasteiger partial charge in [0, 0.05) is 29.4 Å². The van der Waals surface area contributed by atoms with Crippen molar-refractivity contribution in [1.82, 2.24) is 14.3 Å². The van der Waals surface area contributed by atoms with Crippen molar-refractivity contribution in [3.05, 3.63) is 70.5 Å². The Hall–Kier alpha value is -3.63. The predicted molar refractivity (Wildman–Crippen MR) is 119 cm³/mol. The smallest absolute Gasteiger partial charge is 0.335 e. The molecule has 6 nitrogen and oxygen atoms in total. The van der Waals surface area contributed by atoms with Crippen molar-refractivity contribution in [2.75, 3.05) is 0 Å². The molecule has 0 unspecified atom stereocenters. The maximum Gasteiger partial charge on any atom is 0.335 e. The van der Waals surface area contributed by atoms with Crippen LogP contribution < -0.4 is 0 Å². The number of aromatic nitrogens is 3. The van der Waals surface area contributed by atoms with Crippen LogP contribution in [0.1, 0.15) is 40.5 Å². The molecule has 30 heavy (non-hydrogen) atoms. The van der Waals surface area contributed by atoms with Gasteiger partial charge in [0.1, 0.15) is 4.83 Å². The van der Waals surface area contributed by atoms with Crippen LogP contribution in [-0.4, -0.2) is 25.4 Å². The molecule has 1 N–H and O–H groups in total. The Balaban J connectivity index is 1.82. The normalized spacial score (nSPS) is 11.7. The average molecular weight is 417 g/mol. The van der Waals surface area contributed by atoms with Crippen molar-refractivity contribution in [2.24, 2.45) is 0 Å². The molecule has 3 heterocycles. The van der Waals surface area contributed by atoms with E-state index in [1.165, 1.54) is 12.1 Å². The van der Waals surface area contributed by atoms with E-state index < -0.39 is 5.97 Å². The largest absolute Gasteiger partial charge is 0.478 e. The highest BCUT2D eigenvalue weighted by molar-refractivity contribution is 7.16. The maximum absolute atomic E-state index is 11.1. The molecule has 0 fully saturated rings. The number of aromatic carboxylic acids is 1. The molecule has 4 aromatic rings. The third-order valence-electron chi connectivity index (χ3n) is 5.05. The van der Waals surface area contributed by atoms with Gasteiger partial charge in [-0.3, -0.25) is 4.68 Å². The minimum Gasteiger partial charge on any atom is -0.478 e. The first-order valence-electron chi connectivity index (χ1n) is 9.60. The highest BCUT2D eigenvalue weighted by Gasteiger charge is 2.17. The highest BCUT2D eigenvalue weighted by atomic mass is 32.1. The topological polar surface area (TPSA) is 83.8 Å². The molecule has 4 rings (SSSR count). The lowest BCUT2D eigenvalue weighted by atomic mass is 10.0. The quantitative estimate of drug-likeness (QED) is 0.428. The van der Waals surface area contributed by atoms with Gasteiger partial charge < -0.3 is 9.67 Å². The zero-order valence-electron chi connectivity index (χ0n) is 16.7. The van der Waals surface area contributed by atoms with E-state index in [0.29, 0.717) is 11.1 Å². The summed E-state index contributed by atoms with van der Waals surface area (Å²) in [5, 5.41) is 26.4. The summed E-state index contributed by atoms with van der Waals surface area (Å²) in [5.74, 6) is -0.986. The van der Waals surface area contributed by atoms with E-state index in [1.54, 1.807) is 23.5 Å². The first-order chi connectivity index (χ1) is 14.5. The van der Waals surface area contributed by atoms with Gasteiger partial charge in [0.25, 0.3) is 0 Å². The Morgan fingerprint density at radius 1 is 1.27 bits per heavy atom. The molecule has 0 bridgehead atoms. The monoisotopic (exact) mass is 416 g/mol. The Kier molecular flexibility index (Phi) is 5.25. The third-order valence-corrected chi connectivity index (χ3v) is 5.94. The molecule has 0 aliphatic heterocycles. The number of nitriles is 1. The number of aryl methyl sites for hydroxylation is 1. The van der Waals surface area contributed by atoms with Crippen LogP contribution in [0.15, 0.2) is 48.1 Å². The van der Waals surface area contributed by atoms with Crippen LogP contribution in [-0.2, 0) is 6.54 Å². The molecule has 150 valence electrons. The van der Waals surface area contributed by atoms with Gasteiger partial charge in [0.2, 0.25) is 0 Å². The molecule has 0 amide bonds. The number of benzene rings is 1. The minimum atomic E-state index is -0.986. The van der Waals surface area contributed by atoms with E-state index in [-0.39, 0.29) is 5.56 Å². The van der Waals surface area contributed by atoms with Gasteiger partial charge in [0.05, 0.1) is 29.1 Å². The Bertz CT molecular complexity index is 1300. The fraction of sp³-hybridized carbons (Fsp3) is 0.174. The second kappa shape index (κ2) is 8.01. The number of carbonyl (C=O) groups is 1. The van der Waals surface area contributed by atoms with Crippen LogP contribution >= 0.6 is 11.3 Å². The molecule has 0 saturated heterocycles. The SMILES string of the molecule is CCCn1cc(-n2c(C)c(/C=C(\C#N)c3ccc(C(=O)O)cc3)c3ccsc32)cn1. The molecular weight excluding hydrogens is 396 g/mol. The zero-order chi connectivity index (χ0) is 21.3. The van der Waals surface area contributed by atoms with Crippen molar-refractivity contribution < 1.29 is 9.90 Å². The third kappa shape index (κ3) is 3.42. The van der Waals surface area contributed by atoms with Gasteiger partial charge >= 0.3 is 5.97 Å². The molecule has 0 spiro atoms. The highest BCUT2D eigenvalue weighted by Crippen LogP contribution is 2.35. The Morgan fingerprint density at radius 3 is 2.67 bits per heavy atom. The number of carboxylic acid groups (broad SMARTS) is 1. The van der Waals surface area contributed by atoms with Crippen LogP contribution in [0.5, 0.6) is 0 Å². The van der Waals surface area contributed by atoms with Crippen molar-refractivity contribution >= 4 is 39.2 Å². The number of rotatable bonds is 6. The van der Waals surface area contributed by atoms with Crippen LogP contribution in [0.3, 0.4) is 0 Å². The molecule has 1 aromatic carbocycles. The van der Waals surface area contributed by atoms with Crippen LogP contribution in [0, 0.1) is 18.3 Å². The van der Waals surface area contributed by atoms with Gasteiger partial charge in [0.15, 0.2) is 0 Å². The lowest BCUT2D eigenvalue weighted by Crippen LogP contribution is -1.97. The summed E-state index contributed by atoms with van der Waals surface area (Å²) >= 11 is 1.65. The number of hydrogen-bond donors (Lipinski definition) is 1. The van der Waals surface area contributed by atoms with E-state index in [9.17, 15) is 10.1 Å². The number of nitrogens with zero attached hydrogens (tertiary/aromatic N) is 4. The molecule has 3 aromatic heterocycles.